The molecule has 0 bridgehead atoms. The van der Waals surface area contributed by atoms with Crippen molar-refractivity contribution < 1.29 is 33.3 Å². The topological polar surface area (TPSA) is 156 Å². The number of aromatic nitrogens is 4. The largest absolute Gasteiger partial charge is 0.505 e. The molecule has 370 valence electrons. The van der Waals surface area contributed by atoms with Crippen molar-refractivity contribution in [1.29, 1.82) is 0 Å². The molecule has 2 unspecified atom stereocenters. The third kappa shape index (κ3) is 17.7. The van der Waals surface area contributed by atoms with E-state index < -0.39 is 33.3 Å². The van der Waals surface area contributed by atoms with Crippen LogP contribution in [0.4, 0.5) is 0 Å². The molecule has 2 atom stereocenters. The van der Waals surface area contributed by atoms with Gasteiger partial charge in [-0.25, -0.2) is 9.36 Å². The van der Waals surface area contributed by atoms with Crippen LogP contribution in [0.5, 0.6) is 23.0 Å². The van der Waals surface area contributed by atoms with Gasteiger partial charge in [0.1, 0.15) is 30.3 Å². The normalized spacial score (nSPS) is 13.4. The first-order valence-electron chi connectivity index (χ1n) is 22.4. The van der Waals surface area contributed by atoms with Crippen molar-refractivity contribution in [1.82, 2.24) is 19.6 Å². The Hall–Kier alpha value is -3.71. The van der Waals surface area contributed by atoms with Crippen LogP contribution in [-0.4, -0.2) is 71.8 Å². The molecule has 0 saturated carbocycles. The van der Waals surface area contributed by atoms with Gasteiger partial charge in [-0.3, -0.25) is 9.59 Å². The smallest absolute Gasteiger partial charge is 0.289 e. The lowest BCUT2D eigenvalue weighted by Gasteiger charge is -2.37. The number of benzene rings is 2. The van der Waals surface area contributed by atoms with Crippen LogP contribution in [0.1, 0.15) is 114 Å². The molecule has 17 heteroatoms. The molecule has 2 aromatic heterocycles. The molecular formula is C49H78Cl2N4O9Si2. The van der Waals surface area contributed by atoms with Crippen molar-refractivity contribution in [2.75, 3.05) is 13.2 Å². The predicted octanol–water partition coefficient (Wildman–Crippen LogP) is 11.7. The summed E-state index contributed by atoms with van der Waals surface area (Å²) in [4.78, 5) is 23.9. The first-order valence-corrected chi connectivity index (χ1v) is 29.0. The highest BCUT2D eigenvalue weighted by Crippen LogP contribution is 2.38. The molecule has 0 fully saturated rings. The average Bonchev–Trinajstić information content (AvgIpc) is 3.20. The standard InChI is InChI=1S/C25H39ClN2O4Si.C16H28O3Si.C8H11ClN2O2/c1-10-19(17-31-33(8,9)25(5,6)7)32-20-13-11-18(12-14-20)16-30-21-15-27-28(24(2,3)4)23(29)22(21)26;1-13(12-18-20(5,6)16(2,3)4)19-15-9-7-14(11-17)8-10-15;1-8(2,3)11-7(13)6(9)5(12)4-10-11/h11-15,19H,10,16-17H2,1-9H3;7-10,13,17H,11-12H2,1-6H3;4,12H,1-3H3. The summed E-state index contributed by atoms with van der Waals surface area (Å²) in [6.45, 7) is 39.2. The van der Waals surface area contributed by atoms with Crippen LogP contribution in [0.25, 0.3) is 0 Å². The zero-order valence-electron chi connectivity index (χ0n) is 42.8. The average molecular weight is 994 g/mol. The van der Waals surface area contributed by atoms with Crippen molar-refractivity contribution in [2.45, 2.75) is 176 Å². The van der Waals surface area contributed by atoms with Gasteiger partial charge < -0.3 is 33.3 Å². The van der Waals surface area contributed by atoms with Crippen molar-refractivity contribution in [3.8, 4) is 23.0 Å². The number of hydrogen-bond donors (Lipinski definition) is 2. The van der Waals surface area contributed by atoms with Crippen molar-refractivity contribution in [3.63, 3.8) is 0 Å². The Morgan fingerprint density at radius 1 is 0.652 bits per heavy atom. The predicted molar refractivity (Wildman–Crippen MR) is 273 cm³/mol. The molecule has 0 radical (unpaired) electrons. The van der Waals surface area contributed by atoms with Crippen LogP contribution < -0.4 is 25.3 Å². The Morgan fingerprint density at radius 2 is 1.08 bits per heavy atom. The maximum Gasteiger partial charge on any atom is 0.289 e. The lowest BCUT2D eigenvalue weighted by atomic mass is 10.1. The number of aromatic hydroxyl groups is 1. The van der Waals surface area contributed by atoms with Crippen LogP contribution in [0.2, 0.25) is 46.3 Å². The summed E-state index contributed by atoms with van der Waals surface area (Å²) in [6, 6.07) is 15.2. The van der Waals surface area contributed by atoms with E-state index in [2.05, 4.69) is 84.9 Å². The summed E-state index contributed by atoms with van der Waals surface area (Å²) in [5, 5.41) is 26.3. The number of aliphatic hydroxyl groups is 1. The van der Waals surface area contributed by atoms with Gasteiger partial charge in [0.25, 0.3) is 11.1 Å². The molecule has 66 heavy (non-hydrogen) atoms. The van der Waals surface area contributed by atoms with Gasteiger partial charge >= 0.3 is 0 Å². The lowest BCUT2D eigenvalue weighted by Crippen LogP contribution is -2.43. The maximum absolute atomic E-state index is 12.5. The van der Waals surface area contributed by atoms with Gasteiger partial charge in [-0.15, -0.1) is 0 Å². The molecule has 2 heterocycles. The van der Waals surface area contributed by atoms with Gasteiger partial charge in [-0.2, -0.15) is 10.2 Å². The quantitative estimate of drug-likeness (QED) is 0.109. The number of rotatable bonds is 15. The molecule has 0 saturated heterocycles. The summed E-state index contributed by atoms with van der Waals surface area (Å²) in [7, 11) is -3.52. The number of aliphatic hydroxyl groups excluding tert-OH is 1. The fourth-order valence-electron chi connectivity index (χ4n) is 5.15. The number of nitrogens with zero attached hydrogens (tertiary/aromatic N) is 4. The molecule has 0 aliphatic heterocycles. The summed E-state index contributed by atoms with van der Waals surface area (Å²) in [5.74, 6) is 1.59. The summed E-state index contributed by atoms with van der Waals surface area (Å²) in [6.07, 6.45) is 3.53. The van der Waals surface area contributed by atoms with E-state index in [1.165, 1.54) is 15.6 Å². The Labute approximate surface area is 406 Å². The first-order chi connectivity index (χ1) is 30.1. The highest BCUT2D eigenvalue weighted by atomic mass is 35.5. The summed E-state index contributed by atoms with van der Waals surface area (Å²) < 4.78 is 32.8. The molecule has 2 N–H and O–H groups in total. The van der Waals surface area contributed by atoms with E-state index in [0.29, 0.717) is 13.2 Å². The van der Waals surface area contributed by atoms with Gasteiger partial charge in [0, 0.05) is 0 Å². The SMILES string of the molecule is CC(C)(C)n1ncc(O)c(Cl)c1=O.CC(CO[Si](C)(C)C(C)(C)C)Oc1ccc(CO)cc1.CCC(CO[Si](C)(C)C(C)(C)C)Oc1ccc(COc2cnn(C(C)(C)C)c(=O)c2Cl)cc1. The second kappa shape index (κ2) is 24.0. The minimum Gasteiger partial charge on any atom is -0.505 e. The Morgan fingerprint density at radius 3 is 1.52 bits per heavy atom. The van der Waals surface area contributed by atoms with Crippen molar-refractivity contribution in [2.24, 2.45) is 0 Å². The minimum absolute atomic E-state index is 0.000382. The van der Waals surface area contributed by atoms with E-state index in [0.717, 1.165) is 35.2 Å². The molecule has 0 aliphatic carbocycles. The molecule has 4 aromatic rings. The molecule has 2 aromatic carbocycles. The molecule has 0 aliphatic rings. The van der Waals surface area contributed by atoms with E-state index >= 15 is 0 Å². The van der Waals surface area contributed by atoms with Crippen LogP contribution in [0, 0.1) is 0 Å². The number of ether oxygens (including phenoxy) is 3. The number of halogens is 2. The maximum atomic E-state index is 12.5. The fourth-order valence-corrected chi connectivity index (χ4v) is 7.58. The van der Waals surface area contributed by atoms with Crippen LogP contribution in [0.15, 0.2) is 70.5 Å². The summed E-state index contributed by atoms with van der Waals surface area (Å²) >= 11 is 11.8. The van der Waals surface area contributed by atoms with Gasteiger partial charge in [0.15, 0.2) is 38.2 Å². The zero-order valence-corrected chi connectivity index (χ0v) is 46.3. The van der Waals surface area contributed by atoms with Crippen LogP contribution >= 0.6 is 23.2 Å². The van der Waals surface area contributed by atoms with Gasteiger partial charge in [-0.1, -0.05) is 95.9 Å². The molecular weight excluding hydrogens is 916 g/mol. The van der Waals surface area contributed by atoms with Crippen molar-refractivity contribution >= 4 is 39.8 Å². The third-order valence-electron chi connectivity index (χ3n) is 11.5. The van der Waals surface area contributed by atoms with Gasteiger partial charge in [0.05, 0.1) is 43.3 Å². The molecule has 0 amide bonds. The Bertz CT molecular complexity index is 2240. The Balaban J connectivity index is 0.000000382. The van der Waals surface area contributed by atoms with Gasteiger partial charge in [0.2, 0.25) is 0 Å². The van der Waals surface area contributed by atoms with Crippen LogP contribution in [-0.2, 0) is 33.1 Å². The van der Waals surface area contributed by atoms with E-state index in [-0.39, 0.29) is 62.6 Å². The van der Waals surface area contributed by atoms with Crippen molar-refractivity contribution in [3.05, 3.63) is 103 Å². The molecule has 13 nitrogen and oxygen atoms in total. The second-order valence-corrected chi connectivity index (χ2v) is 31.8. The van der Waals surface area contributed by atoms with E-state index in [1.807, 2.05) is 97.0 Å². The minimum atomic E-state index is -1.81. The zero-order chi connectivity index (χ0) is 50.6. The lowest BCUT2D eigenvalue weighted by molar-refractivity contribution is 0.117. The Kier molecular flexibility index (Phi) is 21.3. The second-order valence-electron chi connectivity index (χ2n) is 21.4. The van der Waals surface area contributed by atoms with E-state index in [4.69, 9.17) is 56.5 Å². The van der Waals surface area contributed by atoms with E-state index in [9.17, 15) is 9.59 Å². The van der Waals surface area contributed by atoms with Gasteiger partial charge in [-0.05, 0) is 127 Å². The fraction of sp³-hybridized carbons (Fsp3) is 0.592. The number of hydrogen-bond acceptors (Lipinski definition) is 11. The molecule has 4 rings (SSSR count). The van der Waals surface area contributed by atoms with E-state index in [1.54, 1.807) is 0 Å². The first kappa shape index (κ1) is 58.4. The van der Waals surface area contributed by atoms with Crippen LogP contribution in [0.3, 0.4) is 0 Å². The highest BCUT2D eigenvalue weighted by Gasteiger charge is 2.38. The highest BCUT2D eigenvalue weighted by molar-refractivity contribution is 6.74. The third-order valence-corrected chi connectivity index (χ3v) is 21.2. The summed E-state index contributed by atoms with van der Waals surface area (Å²) in [5.41, 5.74) is 0.0897. The monoisotopic (exact) mass is 992 g/mol. The molecule has 0 spiro atoms.